The minimum Gasteiger partial charge on any atom is -0.505 e. The second-order valence-electron chi connectivity index (χ2n) is 7.37. The number of aryl methyl sites for hydroxylation is 1. The number of carboxylic acid groups (broad SMARTS) is 1. The van der Waals surface area contributed by atoms with Crippen molar-refractivity contribution in [3.63, 3.8) is 0 Å². The molecular weight excluding hydrogens is 453 g/mol. The van der Waals surface area contributed by atoms with Crippen molar-refractivity contribution in [2.45, 2.75) is 25.9 Å². The van der Waals surface area contributed by atoms with Gasteiger partial charge in [0.15, 0.2) is 5.69 Å². The first kappa shape index (κ1) is 23.8. The van der Waals surface area contributed by atoms with Crippen LogP contribution >= 0.6 is 11.6 Å². The zero-order valence-corrected chi connectivity index (χ0v) is 18.3. The normalized spacial score (nSPS) is 11.6. The molecule has 0 bridgehead atoms. The zero-order valence-electron chi connectivity index (χ0n) is 17.5. The first-order valence-electron chi connectivity index (χ1n) is 9.87. The highest BCUT2D eigenvalue weighted by Crippen LogP contribution is 2.23. The number of aromatic hydroxyl groups is 1. The minimum atomic E-state index is -1.13. The molecule has 2 amide bonds. The van der Waals surface area contributed by atoms with Crippen molar-refractivity contribution in [2.75, 3.05) is 5.32 Å². The van der Waals surface area contributed by atoms with Gasteiger partial charge >= 0.3 is 12.0 Å². The largest absolute Gasteiger partial charge is 0.505 e. The maximum absolute atomic E-state index is 14.1. The lowest BCUT2D eigenvalue weighted by Crippen LogP contribution is -2.36. The van der Waals surface area contributed by atoms with Crippen molar-refractivity contribution < 1.29 is 24.2 Å². The minimum absolute atomic E-state index is 0.0725. The van der Waals surface area contributed by atoms with Crippen molar-refractivity contribution in [1.29, 1.82) is 0 Å². The molecule has 0 saturated heterocycles. The fraction of sp³-hybridized carbons (Fsp3) is 0.174. The van der Waals surface area contributed by atoms with Gasteiger partial charge in [-0.25, -0.2) is 9.18 Å². The number of aliphatic carboxylic acids is 1. The maximum atomic E-state index is 14.1. The summed E-state index contributed by atoms with van der Waals surface area (Å²) in [5.41, 5.74) is 0.349. The van der Waals surface area contributed by atoms with Crippen LogP contribution in [0.4, 0.5) is 14.9 Å². The van der Waals surface area contributed by atoms with E-state index >= 15 is 0 Å². The van der Waals surface area contributed by atoms with Gasteiger partial charge in [-0.05, 0) is 30.7 Å². The van der Waals surface area contributed by atoms with E-state index in [1.807, 2.05) is 6.92 Å². The van der Waals surface area contributed by atoms with E-state index in [4.69, 9.17) is 11.6 Å². The third-order valence-corrected chi connectivity index (χ3v) is 5.29. The number of hydrogen-bond donors (Lipinski definition) is 4. The highest BCUT2D eigenvalue weighted by molar-refractivity contribution is 6.31. The number of anilines is 1. The summed E-state index contributed by atoms with van der Waals surface area (Å²) in [6.07, 6.45) is 0.844. The molecule has 0 unspecified atom stereocenters. The van der Waals surface area contributed by atoms with Gasteiger partial charge in [0.2, 0.25) is 0 Å². The Hall–Kier alpha value is -3.85. The first-order chi connectivity index (χ1) is 15.7. The number of halogens is 2. The van der Waals surface area contributed by atoms with Crippen LogP contribution in [0.2, 0.25) is 5.02 Å². The molecule has 4 N–H and O–H groups in total. The van der Waals surface area contributed by atoms with E-state index in [2.05, 4.69) is 10.6 Å². The molecule has 8 nitrogen and oxygen atoms in total. The van der Waals surface area contributed by atoms with Gasteiger partial charge in [0.05, 0.1) is 19.0 Å². The number of amides is 2. The third kappa shape index (κ3) is 5.89. The molecule has 1 heterocycles. The van der Waals surface area contributed by atoms with Crippen LogP contribution in [0.3, 0.4) is 0 Å². The molecule has 0 fully saturated rings. The Morgan fingerprint density at radius 1 is 1.15 bits per heavy atom. The van der Waals surface area contributed by atoms with Gasteiger partial charge < -0.3 is 25.4 Å². The van der Waals surface area contributed by atoms with Gasteiger partial charge in [-0.2, -0.15) is 0 Å². The Labute approximate surface area is 193 Å². The van der Waals surface area contributed by atoms with Gasteiger partial charge in [-0.15, -0.1) is 0 Å². The molecule has 1 atom stereocenters. The van der Waals surface area contributed by atoms with E-state index in [-0.39, 0.29) is 17.1 Å². The van der Waals surface area contributed by atoms with Crippen molar-refractivity contribution in [3.8, 4) is 5.75 Å². The Morgan fingerprint density at radius 2 is 1.85 bits per heavy atom. The number of nitrogens with one attached hydrogen (secondary N) is 2. The zero-order chi connectivity index (χ0) is 24.1. The van der Waals surface area contributed by atoms with Gasteiger partial charge in [-0.1, -0.05) is 47.5 Å². The van der Waals surface area contributed by atoms with Crippen LogP contribution in [-0.4, -0.2) is 26.8 Å². The van der Waals surface area contributed by atoms with E-state index in [9.17, 15) is 29.0 Å². The predicted molar refractivity (Wildman–Crippen MR) is 121 cm³/mol. The molecule has 10 heteroatoms. The molecule has 3 aromatic rings. The number of rotatable bonds is 7. The summed E-state index contributed by atoms with van der Waals surface area (Å²) in [5, 5.41) is 24.2. The molecule has 1 aromatic heterocycles. The van der Waals surface area contributed by atoms with Crippen molar-refractivity contribution >= 4 is 29.3 Å². The van der Waals surface area contributed by atoms with Crippen LogP contribution < -0.4 is 16.2 Å². The summed E-state index contributed by atoms with van der Waals surface area (Å²) >= 11 is 6.02. The lowest BCUT2D eigenvalue weighted by Gasteiger charge is -2.19. The summed E-state index contributed by atoms with van der Waals surface area (Å²) in [6.45, 7) is 1.64. The fourth-order valence-corrected chi connectivity index (χ4v) is 3.42. The molecule has 2 aromatic carbocycles. The number of pyridine rings is 1. The Bertz CT molecular complexity index is 1220. The van der Waals surface area contributed by atoms with Gasteiger partial charge in [0.1, 0.15) is 11.6 Å². The highest BCUT2D eigenvalue weighted by atomic mass is 35.5. The van der Waals surface area contributed by atoms with Gasteiger partial charge in [-0.3, -0.25) is 9.59 Å². The third-order valence-electron chi connectivity index (χ3n) is 4.94. The Kier molecular flexibility index (Phi) is 7.34. The van der Waals surface area contributed by atoms with E-state index in [0.29, 0.717) is 5.56 Å². The van der Waals surface area contributed by atoms with Gasteiger partial charge in [0, 0.05) is 16.8 Å². The van der Waals surface area contributed by atoms with Crippen LogP contribution in [0.1, 0.15) is 29.2 Å². The number of nitrogens with zero attached hydrogens (tertiary/aromatic N) is 1. The predicted octanol–water partition coefficient (Wildman–Crippen LogP) is 4.04. The van der Waals surface area contributed by atoms with Crippen LogP contribution in [0.5, 0.6) is 5.75 Å². The van der Waals surface area contributed by atoms with Crippen LogP contribution in [0.25, 0.3) is 0 Å². The maximum Gasteiger partial charge on any atom is 0.319 e. The molecule has 0 spiro atoms. The van der Waals surface area contributed by atoms with Gasteiger partial charge in [0.25, 0.3) is 5.56 Å². The Morgan fingerprint density at radius 3 is 2.48 bits per heavy atom. The number of hydrogen-bond acceptors (Lipinski definition) is 4. The second kappa shape index (κ2) is 10.2. The first-order valence-corrected chi connectivity index (χ1v) is 10.2. The molecule has 0 aliphatic carbocycles. The van der Waals surface area contributed by atoms with E-state index < -0.39 is 47.3 Å². The summed E-state index contributed by atoms with van der Waals surface area (Å²) in [4.78, 5) is 36.7. The van der Waals surface area contributed by atoms with E-state index in [1.54, 1.807) is 24.3 Å². The lowest BCUT2D eigenvalue weighted by atomic mass is 10.0. The second-order valence-corrected chi connectivity index (χ2v) is 7.78. The summed E-state index contributed by atoms with van der Waals surface area (Å²) in [5.74, 6) is -2.24. The van der Waals surface area contributed by atoms with Crippen molar-refractivity contribution in [1.82, 2.24) is 9.88 Å². The Balaban J connectivity index is 1.83. The number of aromatic nitrogens is 1. The molecule has 0 radical (unpaired) electrons. The van der Waals surface area contributed by atoms with Crippen LogP contribution in [0, 0.1) is 12.7 Å². The molecule has 33 heavy (non-hydrogen) atoms. The number of urea groups is 1. The summed E-state index contributed by atoms with van der Waals surface area (Å²) < 4.78 is 15.2. The molecule has 3 rings (SSSR count). The highest BCUT2D eigenvalue weighted by Gasteiger charge is 2.20. The monoisotopic (exact) mass is 473 g/mol. The number of benzene rings is 2. The van der Waals surface area contributed by atoms with Crippen LogP contribution in [-0.2, 0) is 11.3 Å². The average molecular weight is 474 g/mol. The standard InChI is InChI=1S/C23H21ClFN3O5/c1-13-5-7-14(8-6-13)18(11-20(30)31)26-23(33)27-21-19(29)9-10-28(22(21)32)12-15-16(24)3-2-4-17(15)25/h2-10,18,29H,11-12H2,1H3,(H,30,31)(H2,26,27,33)/t18-/m0/s1. The van der Waals surface area contributed by atoms with E-state index in [1.165, 1.54) is 30.5 Å². The quantitative estimate of drug-likeness (QED) is 0.412. The van der Waals surface area contributed by atoms with Crippen molar-refractivity contribution in [2.24, 2.45) is 0 Å². The smallest absolute Gasteiger partial charge is 0.319 e. The molecule has 0 saturated carbocycles. The number of carbonyl (C=O) groups excluding carboxylic acids is 1. The SMILES string of the molecule is Cc1ccc([C@H](CC(=O)O)NC(=O)Nc2c(O)ccn(Cc3c(F)cccc3Cl)c2=O)cc1. The van der Waals surface area contributed by atoms with E-state index in [0.717, 1.165) is 10.1 Å². The topological polar surface area (TPSA) is 121 Å². The summed E-state index contributed by atoms with van der Waals surface area (Å²) in [7, 11) is 0. The fourth-order valence-electron chi connectivity index (χ4n) is 3.19. The number of carbonyl (C=O) groups is 2. The molecule has 0 aliphatic rings. The molecular formula is C23H21ClFN3O5. The van der Waals surface area contributed by atoms with Crippen LogP contribution in [0.15, 0.2) is 59.5 Å². The number of carboxylic acids is 1. The lowest BCUT2D eigenvalue weighted by molar-refractivity contribution is -0.137. The summed E-state index contributed by atoms with van der Waals surface area (Å²) in [6, 6.07) is 10.4. The average Bonchev–Trinajstić information content (AvgIpc) is 2.75. The molecule has 0 aliphatic heterocycles. The van der Waals surface area contributed by atoms with Crippen molar-refractivity contribution in [3.05, 3.63) is 92.6 Å². The molecule has 172 valence electrons.